The van der Waals surface area contributed by atoms with Crippen molar-refractivity contribution in [2.75, 3.05) is 27.4 Å². The van der Waals surface area contributed by atoms with E-state index in [0.29, 0.717) is 6.42 Å². The van der Waals surface area contributed by atoms with Gasteiger partial charge < -0.3 is 25.2 Å². The molecule has 0 heterocycles. The third kappa shape index (κ3) is 14.3. The molecule has 0 aliphatic heterocycles. The molecule has 0 radical (unpaired) electrons. The van der Waals surface area contributed by atoms with Gasteiger partial charge in [-0.1, -0.05) is 31.8 Å². The molecule has 2 aliphatic rings. The zero-order valence-corrected chi connectivity index (χ0v) is 19.7. The highest BCUT2D eigenvalue weighted by Crippen LogP contribution is 2.39. The summed E-state index contributed by atoms with van der Waals surface area (Å²) in [7, 11) is 2.00. The number of aliphatic hydroxyl groups excluding tert-OH is 3. The summed E-state index contributed by atoms with van der Waals surface area (Å²) in [4.78, 5) is 10.6. The van der Waals surface area contributed by atoms with Gasteiger partial charge in [-0.05, 0) is 81.3 Å². The third-order valence-electron chi connectivity index (χ3n) is 6.22. The van der Waals surface area contributed by atoms with Gasteiger partial charge in [0.2, 0.25) is 0 Å². The molecule has 0 spiro atoms. The number of hydrogen-bond donors (Lipinski definition) is 4. The van der Waals surface area contributed by atoms with E-state index in [9.17, 15) is 9.90 Å². The standard InChI is InChI=1S/C23H38O4.2CH4O/c24-18-19(8-6-14-23(25)26)15-16-21-11-7-10-20(21)9-4-5-17-27-22-12-2-1-3-13-22;2*1-2/h2,12-13,19-21,24H,1,3-11,14-18H2,(H,25,26);2*2H,1H3/t19-,20-,21+;;/m0../s1. The van der Waals surface area contributed by atoms with Gasteiger partial charge in [0.1, 0.15) is 5.76 Å². The Hall–Kier alpha value is -1.37. The molecule has 0 aromatic rings. The molecular weight excluding hydrogens is 396 g/mol. The number of aliphatic carboxylic acids is 1. The highest BCUT2D eigenvalue weighted by Gasteiger charge is 2.27. The van der Waals surface area contributed by atoms with Crippen molar-refractivity contribution in [3.05, 3.63) is 24.0 Å². The number of carboxylic acids is 1. The predicted octanol–water partition coefficient (Wildman–Crippen LogP) is 4.68. The Kier molecular flexibility index (Phi) is 19.6. The number of carboxylic acid groups (broad SMARTS) is 1. The fourth-order valence-electron chi connectivity index (χ4n) is 4.59. The zero-order chi connectivity index (χ0) is 23.3. The highest BCUT2D eigenvalue weighted by atomic mass is 16.5. The van der Waals surface area contributed by atoms with E-state index < -0.39 is 5.97 Å². The van der Waals surface area contributed by atoms with Gasteiger partial charge in [-0.3, -0.25) is 4.79 Å². The summed E-state index contributed by atoms with van der Waals surface area (Å²) in [6.07, 6.45) is 20.3. The molecule has 2 rings (SSSR count). The second-order valence-corrected chi connectivity index (χ2v) is 8.29. The lowest BCUT2D eigenvalue weighted by Crippen LogP contribution is -2.13. The van der Waals surface area contributed by atoms with Crippen molar-refractivity contribution in [1.29, 1.82) is 0 Å². The topological polar surface area (TPSA) is 107 Å². The molecule has 31 heavy (non-hydrogen) atoms. The Labute approximate surface area is 189 Å². The van der Waals surface area contributed by atoms with E-state index >= 15 is 0 Å². The minimum absolute atomic E-state index is 0.193. The molecule has 0 saturated heterocycles. The van der Waals surface area contributed by atoms with E-state index in [0.717, 1.165) is 70.5 Å². The second-order valence-electron chi connectivity index (χ2n) is 8.29. The summed E-state index contributed by atoms with van der Waals surface area (Å²) in [5.41, 5.74) is 0. The van der Waals surface area contributed by atoms with Crippen LogP contribution in [0.4, 0.5) is 0 Å². The largest absolute Gasteiger partial charge is 0.494 e. The molecule has 4 N–H and O–H groups in total. The fourth-order valence-corrected chi connectivity index (χ4v) is 4.59. The molecule has 182 valence electrons. The van der Waals surface area contributed by atoms with E-state index in [1.807, 2.05) is 0 Å². The molecule has 1 saturated carbocycles. The van der Waals surface area contributed by atoms with Crippen molar-refractivity contribution in [3.8, 4) is 0 Å². The minimum atomic E-state index is -0.734. The molecule has 2 aliphatic carbocycles. The lowest BCUT2D eigenvalue weighted by Gasteiger charge is -2.22. The smallest absolute Gasteiger partial charge is 0.303 e. The number of carbonyl (C=O) groups is 1. The minimum Gasteiger partial charge on any atom is -0.494 e. The van der Waals surface area contributed by atoms with Crippen LogP contribution in [0.15, 0.2) is 24.0 Å². The van der Waals surface area contributed by atoms with Crippen LogP contribution in [0.1, 0.15) is 83.5 Å². The Morgan fingerprint density at radius 3 is 2.35 bits per heavy atom. The van der Waals surface area contributed by atoms with Gasteiger partial charge in [-0.25, -0.2) is 0 Å². The molecule has 3 atom stereocenters. The summed E-state index contributed by atoms with van der Waals surface area (Å²) in [6.45, 7) is 1.02. The van der Waals surface area contributed by atoms with Crippen molar-refractivity contribution in [2.24, 2.45) is 17.8 Å². The van der Waals surface area contributed by atoms with Gasteiger partial charge in [0, 0.05) is 27.2 Å². The third-order valence-corrected chi connectivity index (χ3v) is 6.22. The molecule has 6 heteroatoms. The molecule has 1 fully saturated rings. The van der Waals surface area contributed by atoms with E-state index in [4.69, 9.17) is 20.1 Å². The average Bonchev–Trinajstić information content (AvgIpc) is 3.26. The number of unbranched alkanes of at least 4 members (excludes halogenated alkanes) is 1. The van der Waals surface area contributed by atoms with Crippen molar-refractivity contribution in [1.82, 2.24) is 0 Å². The Bertz CT molecular complexity index is 488. The van der Waals surface area contributed by atoms with Gasteiger partial charge in [-0.2, -0.15) is 0 Å². The summed E-state index contributed by atoms with van der Waals surface area (Å²) >= 11 is 0. The van der Waals surface area contributed by atoms with Crippen LogP contribution in [-0.4, -0.2) is 53.8 Å². The van der Waals surface area contributed by atoms with Crippen molar-refractivity contribution in [2.45, 2.75) is 83.5 Å². The lowest BCUT2D eigenvalue weighted by atomic mass is 9.84. The highest BCUT2D eigenvalue weighted by molar-refractivity contribution is 5.66. The van der Waals surface area contributed by atoms with Crippen LogP contribution in [-0.2, 0) is 9.53 Å². The van der Waals surface area contributed by atoms with E-state index in [2.05, 4.69) is 18.2 Å². The number of aliphatic hydroxyl groups is 3. The maximum Gasteiger partial charge on any atom is 0.303 e. The first-order chi connectivity index (χ1) is 15.2. The van der Waals surface area contributed by atoms with Crippen LogP contribution in [0, 0.1) is 17.8 Å². The van der Waals surface area contributed by atoms with Crippen LogP contribution >= 0.6 is 0 Å². The van der Waals surface area contributed by atoms with Crippen molar-refractivity contribution >= 4 is 5.97 Å². The lowest BCUT2D eigenvalue weighted by molar-refractivity contribution is -0.137. The molecule has 0 bridgehead atoms. The average molecular weight is 443 g/mol. The zero-order valence-electron chi connectivity index (χ0n) is 19.7. The van der Waals surface area contributed by atoms with Crippen LogP contribution < -0.4 is 0 Å². The van der Waals surface area contributed by atoms with Crippen LogP contribution in [0.5, 0.6) is 0 Å². The van der Waals surface area contributed by atoms with Crippen LogP contribution in [0.3, 0.4) is 0 Å². The van der Waals surface area contributed by atoms with Gasteiger partial charge >= 0.3 is 5.97 Å². The first-order valence-electron chi connectivity index (χ1n) is 11.9. The maximum absolute atomic E-state index is 10.6. The van der Waals surface area contributed by atoms with E-state index in [-0.39, 0.29) is 18.9 Å². The van der Waals surface area contributed by atoms with Crippen molar-refractivity contribution in [3.63, 3.8) is 0 Å². The summed E-state index contributed by atoms with van der Waals surface area (Å²) in [5, 5.41) is 32.3. The van der Waals surface area contributed by atoms with Gasteiger partial charge in [-0.15, -0.1) is 0 Å². The van der Waals surface area contributed by atoms with Gasteiger partial charge in [0.15, 0.2) is 0 Å². The Morgan fingerprint density at radius 1 is 1.03 bits per heavy atom. The number of hydrogen-bond acceptors (Lipinski definition) is 5. The molecular formula is C25H46O6. The second kappa shape index (κ2) is 20.5. The molecule has 6 nitrogen and oxygen atoms in total. The molecule has 0 aromatic carbocycles. The normalized spacial score (nSPS) is 20.6. The van der Waals surface area contributed by atoms with Crippen molar-refractivity contribution < 1.29 is 30.0 Å². The first kappa shape index (κ1) is 29.6. The monoisotopic (exact) mass is 442 g/mol. The number of ether oxygens (including phenoxy) is 1. The summed E-state index contributed by atoms with van der Waals surface area (Å²) < 4.78 is 5.83. The maximum atomic E-state index is 10.6. The van der Waals surface area contributed by atoms with E-state index in [1.54, 1.807) is 0 Å². The Balaban J connectivity index is 0.00000212. The predicted molar refractivity (Wildman–Crippen MR) is 125 cm³/mol. The first-order valence-corrected chi connectivity index (χ1v) is 11.9. The number of allylic oxidation sites excluding steroid dienone is 3. The molecule has 0 unspecified atom stereocenters. The fraction of sp³-hybridized carbons (Fsp3) is 0.800. The SMILES string of the molecule is CO.CO.O=C(O)CCC[C@H](CO)CC[C@H]1CCC[C@@H]1CCCCOC1=CCCC=C1. The molecule has 0 amide bonds. The van der Waals surface area contributed by atoms with Gasteiger partial charge in [0.05, 0.1) is 6.61 Å². The van der Waals surface area contributed by atoms with Crippen LogP contribution in [0.25, 0.3) is 0 Å². The van der Waals surface area contributed by atoms with E-state index in [1.165, 1.54) is 38.5 Å². The summed E-state index contributed by atoms with van der Waals surface area (Å²) in [6, 6.07) is 0. The van der Waals surface area contributed by atoms with Crippen LogP contribution in [0.2, 0.25) is 0 Å². The molecule has 0 aromatic heterocycles. The Morgan fingerprint density at radius 2 is 1.74 bits per heavy atom. The van der Waals surface area contributed by atoms with Gasteiger partial charge in [0.25, 0.3) is 0 Å². The summed E-state index contributed by atoms with van der Waals surface area (Å²) in [5.74, 6) is 2.21. The number of rotatable bonds is 14. The quantitative estimate of drug-likeness (QED) is 0.291.